The number of benzene rings is 1. The molecule has 3 nitrogen and oxygen atoms in total. The lowest BCUT2D eigenvalue weighted by Gasteiger charge is -2.06. The number of hydrogen-bond acceptors (Lipinski definition) is 2. The number of fused-ring (bicyclic) bond motifs is 2. The van der Waals surface area contributed by atoms with E-state index in [1.54, 1.807) is 6.07 Å². The Morgan fingerprint density at radius 1 is 1.43 bits per heavy atom. The predicted molar refractivity (Wildman–Crippen MR) is 47.6 cm³/mol. The fraction of sp³-hybridized carbons (Fsp3) is 0.300. The minimum atomic E-state index is -0.668. The van der Waals surface area contributed by atoms with Crippen LogP contribution in [0.1, 0.15) is 18.4 Å². The molecule has 1 saturated carbocycles. The van der Waals surface area contributed by atoms with Crippen LogP contribution in [0.25, 0.3) is 0 Å². The van der Waals surface area contributed by atoms with Crippen LogP contribution in [0.3, 0.4) is 0 Å². The van der Waals surface area contributed by atoms with Gasteiger partial charge in [-0.3, -0.25) is 4.79 Å². The summed E-state index contributed by atoms with van der Waals surface area (Å²) in [6, 6.07) is 2.80. The van der Waals surface area contributed by atoms with E-state index in [4.69, 9.17) is 0 Å². The van der Waals surface area contributed by atoms with Crippen molar-refractivity contribution in [2.24, 2.45) is 0 Å². The van der Waals surface area contributed by atoms with Crippen LogP contribution in [0.15, 0.2) is 12.1 Å². The van der Waals surface area contributed by atoms with Crippen LogP contribution >= 0.6 is 0 Å². The van der Waals surface area contributed by atoms with E-state index in [-0.39, 0.29) is 11.7 Å². The average molecular weight is 193 g/mol. The Labute approximate surface area is 79.6 Å². The van der Waals surface area contributed by atoms with Crippen LogP contribution in [0.4, 0.5) is 10.1 Å². The molecule has 14 heavy (non-hydrogen) atoms. The Morgan fingerprint density at radius 2 is 2.14 bits per heavy atom. The Balaban J connectivity index is 2.31. The highest BCUT2D eigenvalue weighted by molar-refractivity contribution is 6.08. The van der Waals surface area contributed by atoms with E-state index in [0.29, 0.717) is 24.1 Å². The normalized spacial score (nSPS) is 20.8. The minimum Gasteiger partial charge on any atom is -0.505 e. The summed E-state index contributed by atoms with van der Waals surface area (Å²) in [6.07, 6.45) is 1.35. The summed E-state index contributed by atoms with van der Waals surface area (Å²) >= 11 is 0. The first-order valence-corrected chi connectivity index (χ1v) is 4.48. The molecule has 1 aromatic carbocycles. The highest BCUT2D eigenvalue weighted by atomic mass is 19.1. The van der Waals surface area contributed by atoms with Crippen molar-refractivity contribution in [3.05, 3.63) is 23.5 Å². The highest BCUT2D eigenvalue weighted by Crippen LogP contribution is 2.56. The molecule has 0 radical (unpaired) electrons. The molecule has 0 saturated heterocycles. The lowest BCUT2D eigenvalue weighted by Crippen LogP contribution is -2.19. The van der Waals surface area contributed by atoms with E-state index in [2.05, 4.69) is 5.32 Å². The van der Waals surface area contributed by atoms with E-state index in [1.807, 2.05) is 0 Å². The van der Waals surface area contributed by atoms with Crippen molar-refractivity contribution in [1.82, 2.24) is 0 Å². The number of phenols is 1. The number of rotatable bonds is 0. The van der Waals surface area contributed by atoms with Crippen molar-refractivity contribution in [1.29, 1.82) is 0 Å². The van der Waals surface area contributed by atoms with Gasteiger partial charge in [-0.25, -0.2) is 4.39 Å². The molecule has 1 spiro atoms. The number of halogens is 1. The van der Waals surface area contributed by atoms with E-state index in [9.17, 15) is 14.3 Å². The summed E-state index contributed by atoms with van der Waals surface area (Å²) in [5, 5.41) is 11.8. The number of amides is 1. The first-order valence-electron chi connectivity index (χ1n) is 4.48. The van der Waals surface area contributed by atoms with E-state index >= 15 is 0 Å². The Bertz CT molecular complexity index is 452. The first-order chi connectivity index (χ1) is 6.65. The average Bonchev–Trinajstić information content (AvgIpc) is 2.87. The Morgan fingerprint density at radius 3 is 2.79 bits per heavy atom. The molecule has 0 atom stereocenters. The van der Waals surface area contributed by atoms with Crippen molar-refractivity contribution in [3.63, 3.8) is 0 Å². The summed E-state index contributed by atoms with van der Waals surface area (Å²) in [7, 11) is 0. The van der Waals surface area contributed by atoms with Crippen LogP contribution in [-0.2, 0) is 10.2 Å². The topological polar surface area (TPSA) is 49.3 Å². The fourth-order valence-electron chi connectivity index (χ4n) is 2.09. The molecule has 0 bridgehead atoms. The van der Waals surface area contributed by atoms with Gasteiger partial charge in [0.25, 0.3) is 0 Å². The number of carbonyl (C=O) groups excluding carboxylic acids is 1. The molecule has 1 amide bonds. The zero-order chi connectivity index (χ0) is 9.92. The van der Waals surface area contributed by atoms with Crippen molar-refractivity contribution in [2.75, 3.05) is 5.32 Å². The molecule has 1 heterocycles. The van der Waals surface area contributed by atoms with Gasteiger partial charge in [0.2, 0.25) is 5.91 Å². The molecule has 1 aliphatic heterocycles. The van der Waals surface area contributed by atoms with Crippen LogP contribution in [0, 0.1) is 5.82 Å². The summed E-state index contributed by atoms with van der Waals surface area (Å²) in [5.74, 6) is -1.18. The maximum atomic E-state index is 13.6. The van der Waals surface area contributed by atoms with Gasteiger partial charge in [-0.15, -0.1) is 0 Å². The molecule has 1 aliphatic carbocycles. The molecule has 3 rings (SSSR count). The number of aromatic hydroxyl groups is 1. The Hall–Kier alpha value is -1.58. The van der Waals surface area contributed by atoms with Gasteiger partial charge in [0.05, 0.1) is 5.41 Å². The van der Waals surface area contributed by atoms with Gasteiger partial charge in [-0.05, 0) is 25.0 Å². The fourth-order valence-corrected chi connectivity index (χ4v) is 2.09. The smallest absolute Gasteiger partial charge is 0.235 e. The van der Waals surface area contributed by atoms with E-state index in [1.165, 1.54) is 6.07 Å². The van der Waals surface area contributed by atoms with Crippen molar-refractivity contribution >= 4 is 11.6 Å². The van der Waals surface area contributed by atoms with Gasteiger partial charge >= 0.3 is 0 Å². The molecular formula is C10H8FNO2. The molecule has 0 aromatic heterocycles. The van der Waals surface area contributed by atoms with Gasteiger partial charge in [0.15, 0.2) is 11.6 Å². The van der Waals surface area contributed by atoms with Crippen molar-refractivity contribution in [2.45, 2.75) is 18.3 Å². The van der Waals surface area contributed by atoms with E-state index in [0.717, 1.165) is 0 Å². The standard InChI is InChI=1S/C10H8FNO2/c11-8-6(13)2-1-5-7(8)10(3-4-10)9(14)12-5/h1-2,13H,3-4H2,(H,12,14). The van der Waals surface area contributed by atoms with Crippen LogP contribution < -0.4 is 5.32 Å². The Kier molecular flexibility index (Phi) is 1.16. The van der Waals surface area contributed by atoms with Crippen molar-refractivity contribution < 1.29 is 14.3 Å². The van der Waals surface area contributed by atoms with Crippen LogP contribution in [0.2, 0.25) is 0 Å². The third-order valence-corrected chi connectivity index (χ3v) is 3.03. The quantitative estimate of drug-likeness (QED) is 0.613. The van der Waals surface area contributed by atoms with Gasteiger partial charge in [0, 0.05) is 11.3 Å². The van der Waals surface area contributed by atoms with Gasteiger partial charge in [0.1, 0.15) is 0 Å². The molecule has 4 heteroatoms. The highest BCUT2D eigenvalue weighted by Gasteiger charge is 2.58. The number of carbonyl (C=O) groups is 1. The molecule has 1 fully saturated rings. The van der Waals surface area contributed by atoms with Gasteiger partial charge in [-0.2, -0.15) is 0 Å². The second-order valence-electron chi connectivity index (χ2n) is 3.86. The summed E-state index contributed by atoms with van der Waals surface area (Å²) in [6.45, 7) is 0. The lowest BCUT2D eigenvalue weighted by molar-refractivity contribution is -0.117. The molecule has 72 valence electrons. The lowest BCUT2D eigenvalue weighted by atomic mass is 9.97. The second-order valence-corrected chi connectivity index (χ2v) is 3.86. The number of anilines is 1. The van der Waals surface area contributed by atoms with Crippen LogP contribution in [-0.4, -0.2) is 11.0 Å². The minimum absolute atomic E-state index is 0.142. The van der Waals surface area contributed by atoms with Crippen molar-refractivity contribution in [3.8, 4) is 5.75 Å². The second kappa shape index (κ2) is 2.08. The first kappa shape index (κ1) is 7.79. The SMILES string of the molecule is O=C1Nc2ccc(O)c(F)c2C12CC2. The monoisotopic (exact) mass is 193 g/mol. The third kappa shape index (κ3) is 0.697. The summed E-state index contributed by atoms with van der Waals surface area (Å²) in [5.41, 5.74) is 0.184. The third-order valence-electron chi connectivity index (χ3n) is 3.03. The maximum absolute atomic E-state index is 13.6. The maximum Gasteiger partial charge on any atom is 0.235 e. The van der Waals surface area contributed by atoms with E-state index < -0.39 is 11.2 Å². The largest absolute Gasteiger partial charge is 0.505 e. The molecule has 2 aliphatic rings. The number of phenolic OH excluding ortho intramolecular Hbond substituents is 1. The van der Waals surface area contributed by atoms with Crippen LogP contribution in [0.5, 0.6) is 5.75 Å². The number of hydrogen-bond donors (Lipinski definition) is 2. The van der Waals surface area contributed by atoms with Gasteiger partial charge < -0.3 is 10.4 Å². The zero-order valence-corrected chi connectivity index (χ0v) is 7.30. The molecule has 1 aromatic rings. The molecule has 0 unspecified atom stereocenters. The molecular weight excluding hydrogens is 185 g/mol. The number of nitrogens with one attached hydrogen (secondary N) is 1. The predicted octanol–water partition coefficient (Wildman–Crippen LogP) is 1.51. The zero-order valence-electron chi connectivity index (χ0n) is 7.30. The molecule has 2 N–H and O–H groups in total. The summed E-state index contributed by atoms with van der Waals surface area (Å²) in [4.78, 5) is 11.5. The summed E-state index contributed by atoms with van der Waals surface area (Å²) < 4.78 is 13.6. The van der Waals surface area contributed by atoms with Gasteiger partial charge in [-0.1, -0.05) is 0 Å².